The van der Waals surface area contributed by atoms with Crippen molar-refractivity contribution in [3.63, 3.8) is 0 Å². The van der Waals surface area contributed by atoms with Crippen molar-refractivity contribution in [1.82, 2.24) is 0 Å². The molecule has 3 aromatic rings. The monoisotopic (exact) mass is 452 g/mol. The van der Waals surface area contributed by atoms with Crippen molar-refractivity contribution in [3.05, 3.63) is 82.4 Å². The molecule has 0 spiro atoms. The van der Waals surface area contributed by atoms with E-state index in [0.717, 1.165) is 5.56 Å². The van der Waals surface area contributed by atoms with E-state index >= 15 is 0 Å². The Morgan fingerprint density at radius 1 is 1.03 bits per heavy atom. The summed E-state index contributed by atoms with van der Waals surface area (Å²) in [6.45, 7) is 0.209. The number of methoxy groups -OCH3 is 2. The highest BCUT2D eigenvalue weighted by Gasteiger charge is 2.32. The van der Waals surface area contributed by atoms with Crippen LogP contribution < -0.4 is 18.9 Å². The Bertz CT molecular complexity index is 1160. The zero-order valence-corrected chi connectivity index (χ0v) is 18.3. The van der Waals surface area contributed by atoms with Gasteiger partial charge in [-0.3, -0.25) is 4.79 Å². The highest BCUT2D eigenvalue weighted by Crippen LogP contribution is 2.38. The Morgan fingerprint density at radius 3 is 2.53 bits per heavy atom. The van der Waals surface area contributed by atoms with Gasteiger partial charge in [-0.15, -0.1) is 0 Å². The second-order valence-corrected chi connectivity index (χ2v) is 7.71. The molecule has 164 valence electrons. The van der Waals surface area contributed by atoms with Crippen LogP contribution in [0.4, 0.5) is 0 Å². The summed E-state index contributed by atoms with van der Waals surface area (Å²) in [6.07, 6.45) is 0.389. The minimum Gasteiger partial charge on any atom is -0.497 e. The smallest absolute Gasteiger partial charge is 0.343 e. The van der Waals surface area contributed by atoms with Crippen LogP contribution in [-0.4, -0.2) is 32.6 Å². The molecule has 0 bridgehead atoms. The van der Waals surface area contributed by atoms with Gasteiger partial charge in [-0.05, 0) is 42.3 Å². The van der Waals surface area contributed by atoms with Gasteiger partial charge in [0, 0.05) is 6.07 Å². The molecular formula is C25H21ClO6. The SMILES string of the molecule is COc1cc(Cl)c2c(c1)OCC(Cc1ccc(OC)c(OC(=O)c3ccccc3)c1)C2=O. The van der Waals surface area contributed by atoms with Gasteiger partial charge in [0.1, 0.15) is 11.5 Å². The van der Waals surface area contributed by atoms with Crippen LogP contribution in [0, 0.1) is 5.92 Å². The van der Waals surface area contributed by atoms with Crippen LogP contribution in [-0.2, 0) is 6.42 Å². The molecule has 0 aromatic heterocycles. The molecule has 1 atom stereocenters. The second kappa shape index (κ2) is 9.32. The lowest BCUT2D eigenvalue weighted by molar-refractivity contribution is 0.0728. The number of hydrogen-bond acceptors (Lipinski definition) is 6. The fourth-order valence-corrected chi connectivity index (χ4v) is 3.89. The molecular weight excluding hydrogens is 432 g/mol. The van der Waals surface area contributed by atoms with E-state index in [1.54, 1.807) is 48.5 Å². The summed E-state index contributed by atoms with van der Waals surface area (Å²) in [7, 11) is 3.03. The van der Waals surface area contributed by atoms with Crippen LogP contribution in [0.5, 0.6) is 23.0 Å². The highest BCUT2D eigenvalue weighted by atomic mass is 35.5. The van der Waals surface area contributed by atoms with Gasteiger partial charge >= 0.3 is 5.97 Å². The summed E-state index contributed by atoms with van der Waals surface area (Å²) < 4.78 is 21.9. The average Bonchev–Trinajstić information content (AvgIpc) is 2.81. The molecule has 0 saturated carbocycles. The summed E-state index contributed by atoms with van der Waals surface area (Å²) in [5.74, 6) is 0.628. The van der Waals surface area contributed by atoms with Gasteiger partial charge in [0.15, 0.2) is 17.3 Å². The number of halogens is 1. The third kappa shape index (κ3) is 4.41. The van der Waals surface area contributed by atoms with Gasteiger partial charge in [0.25, 0.3) is 0 Å². The topological polar surface area (TPSA) is 71.1 Å². The van der Waals surface area contributed by atoms with Gasteiger partial charge < -0.3 is 18.9 Å². The molecule has 0 fully saturated rings. The number of Topliss-reactive ketones (excluding diaryl/α,β-unsaturated/α-hetero) is 1. The third-order valence-electron chi connectivity index (χ3n) is 5.24. The number of benzene rings is 3. The second-order valence-electron chi connectivity index (χ2n) is 7.30. The number of rotatable bonds is 6. The summed E-state index contributed by atoms with van der Waals surface area (Å²) in [4.78, 5) is 25.6. The molecule has 3 aromatic carbocycles. The lowest BCUT2D eigenvalue weighted by Gasteiger charge is -2.25. The lowest BCUT2D eigenvalue weighted by atomic mass is 9.89. The Hall–Kier alpha value is -3.51. The predicted molar refractivity (Wildman–Crippen MR) is 119 cm³/mol. The van der Waals surface area contributed by atoms with Crippen LogP contribution in [0.15, 0.2) is 60.7 Å². The van der Waals surface area contributed by atoms with Crippen molar-refractivity contribution in [1.29, 1.82) is 0 Å². The first-order chi connectivity index (χ1) is 15.5. The fraction of sp³-hybridized carbons (Fsp3) is 0.200. The van der Waals surface area contributed by atoms with Crippen molar-refractivity contribution in [2.75, 3.05) is 20.8 Å². The van der Waals surface area contributed by atoms with E-state index in [-0.39, 0.29) is 18.1 Å². The van der Waals surface area contributed by atoms with E-state index in [2.05, 4.69) is 0 Å². The Labute approximate surface area is 190 Å². The Kier molecular flexibility index (Phi) is 6.32. The molecule has 0 saturated heterocycles. The molecule has 32 heavy (non-hydrogen) atoms. The van der Waals surface area contributed by atoms with Crippen molar-refractivity contribution < 1.29 is 28.5 Å². The maximum Gasteiger partial charge on any atom is 0.343 e. The first-order valence-corrected chi connectivity index (χ1v) is 10.4. The number of fused-ring (bicyclic) bond motifs is 1. The number of hydrogen-bond donors (Lipinski definition) is 0. The normalized spacial score (nSPS) is 14.8. The molecule has 0 radical (unpaired) electrons. The molecule has 0 aliphatic carbocycles. The van der Waals surface area contributed by atoms with Crippen LogP contribution in [0.2, 0.25) is 5.02 Å². The number of carbonyl (C=O) groups is 2. The van der Waals surface area contributed by atoms with Gasteiger partial charge in [-0.2, -0.15) is 0 Å². The zero-order valence-electron chi connectivity index (χ0n) is 17.6. The van der Waals surface area contributed by atoms with Crippen molar-refractivity contribution >= 4 is 23.4 Å². The Morgan fingerprint density at radius 2 is 1.81 bits per heavy atom. The summed E-state index contributed by atoms with van der Waals surface area (Å²) in [5, 5.41) is 0.293. The van der Waals surface area contributed by atoms with E-state index in [1.807, 2.05) is 12.1 Å². The van der Waals surface area contributed by atoms with Crippen molar-refractivity contribution in [3.8, 4) is 23.0 Å². The largest absolute Gasteiger partial charge is 0.497 e. The van der Waals surface area contributed by atoms with Gasteiger partial charge in [-0.25, -0.2) is 4.79 Å². The predicted octanol–water partition coefficient (Wildman–Crippen LogP) is 5.01. The standard InChI is InChI=1S/C25H21ClO6/c1-29-18-12-19(26)23-22(13-18)31-14-17(24(23)27)10-15-8-9-20(30-2)21(11-15)32-25(28)16-6-4-3-5-7-16/h3-9,11-13,17H,10,14H2,1-2H3. The third-order valence-corrected chi connectivity index (χ3v) is 5.54. The lowest BCUT2D eigenvalue weighted by Crippen LogP contribution is -2.30. The summed E-state index contributed by atoms with van der Waals surface area (Å²) >= 11 is 6.31. The first kappa shape index (κ1) is 21.7. The molecule has 4 rings (SSSR count). The summed E-state index contributed by atoms with van der Waals surface area (Å²) in [6, 6.07) is 17.2. The molecule has 7 heteroatoms. The van der Waals surface area contributed by atoms with Gasteiger partial charge in [0.2, 0.25) is 0 Å². The van der Waals surface area contributed by atoms with Gasteiger partial charge in [0.05, 0.1) is 42.9 Å². The van der Waals surface area contributed by atoms with Crippen molar-refractivity contribution in [2.24, 2.45) is 5.92 Å². The van der Waals surface area contributed by atoms with E-state index < -0.39 is 11.9 Å². The maximum atomic E-state index is 13.1. The zero-order chi connectivity index (χ0) is 22.7. The number of carbonyl (C=O) groups excluding carboxylic acids is 2. The molecule has 1 aliphatic heterocycles. The molecule has 1 heterocycles. The quantitative estimate of drug-likeness (QED) is 0.386. The average molecular weight is 453 g/mol. The van der Waals surface area contributed by atoms with E-state index in [1.165, 1.54) is 14.2 Å². The number of esters is 1. The minimum absolute atomic E-state index is 0.0995. The van der Waals surface area contributed by atoms with E-state index in [4.69, 9.17) is 30.5 Å². The molecule has 6 nitrogen and oxygen atoms in total. The van der Waals surface area contributed by atoms with Crippen LogP contribution in [0.25, 0.3) is 0 Å². The molecule has 0 N–H and O–H groups in total. The van der Waals surface area contributed by atoms with Crippen LogP contribution in [0.3, 0.4) is 0 Å². The van der Waals surface area contributed by atoms with Crippen LogP contribution >= 0.6 is 11.6 Å². The maximum absolute atomic E-state index is 13.1. The van der Waals surface area contributed by atoms with Crippen LogP contribution in [0.1, 0.15) is 26.3 Å². The minimum atomic E-state index is -0.493. The van der Waals surface area contributed by atoms with Crippen molar-refractivity contribution in [2.45, 2.75) is 6.42 Å². The Balaban J connectivity index is 1.55. The first-order valence-electron chi connectivity index (χ1n) is 9.99. The fourth-order valence-electron chi connectivity index (χ4n) is 3.60. The molecule has 0 amide bonds. The van der Waals surface area contributed by atoms with Gasteiger partial charge in [-0.1, -0.05) is 35.9 Å². The molecule has 1 aliphatic rings. The number of ether oxygens (including phenoxy) is 4. The highest BCUT2D eigenvalue weighted by molar-refractivity contribution is 6.34. The summed E-state index contributed by atoms with van der Waals surface area (Å²) in [5.41, 5.74) is 1.59. The molecule has 1 unspecified atom stereocenters. The van der Waals surface area contributed by atoms with E-state index in [9.17, 15) is 9.59 Å². The number of ketones is 1. The van der Waals surface area contributed by atoms with E-state index in [0.29, 0.717) is 39.8 Å².